The molecule has 1 aliphatic heterocycles. The highest BCUT2D eigenvalue weighted by Crippen LogP contribution is 2.27. The molecule has 0 atom stereocenters. The van der Waals surface area contributed by atoms with Crippen molar-refractivity contribution in [3.05, 3.63) is 54.4 Å². The lowest BCUT2D eigenvalue weighted by molar-refractivity contribution is 0.0759. The maximum Gasteiger partial charge on any atom is 0.243 e. The van der Waals surface area contributed by atoms with Crippen molar-refractivity contribution in [1.29, 1.82) is 0 Å². The molecule has 6 heteroatoms. The normalized spacial score (nSPS) is 16.6. The van der Waals surface area contributed by atoms with Gasteiger partial charge in [0, 0.05) is 6.20 Å². The lowest BCUT2D eigenvalue weighted by Gasteiger charge is -2.37. The van der Waals surface area contributed by atoms with Gasteiger partial charge in [-0.2, -0.15) is 4.31 Å². The third-order valence-corrected chi connectivity index (χ3v) is 5.96. The number of nitrogens with zero attached hydrogens (tertiary/aromatic N) is 2. The van der Waals surface area contributed by atoms with Gasteiger partial charge in [-0.1, -0.05) is 32.9 Å². The first-order chi connectivity index (χ1) is 11.3. The second kappa shape index (κ2) is 6.18. The zero-order valence-corrected chi connectivity index (χ0v) is 15.0. The molecule has 128 valence electrons. The summed E-state index contributed by atoms with van der Waals surface area (Å²) in [6, 6.07) is 10.7. The molecule has 0 radical (unpaired) electrons. The van der Waals surface area contributed by atoms with E-state index in [1.165, 1.54) is 4.31 Å². The summed E-state index contributed by atoms with van der Waals surface area (Å²) in [5, 5.41) is 0. The second-order valence-corrected chi connectivity index (χ2v) is 8.96. The molecule has 24 heavy (non-hydrogen) atoms. The molecule has 1 aromatic heterocycles. The fraction of sp³-hybridized carbons (Fsp3) is 0.389. The van der Waals surface area contributed by atoms with Gasteiger partial charge in [0.05, 0.1) is 24.2 Å². The number of pyridine rings is 1. The monoisotopic (exact) mass is 346 g/mol. The van der Waals surface area contributed by atoms with Crippen molar-refractivity contribution in [1.82, 2.24) is 9.29 Å². The smallest absolute Gasteiger partial charge is 0.243 e. The molecule has 0 spiro atoms. The zero-order valence-electron chi connectivity index (χ0n) is 14.1. The molecular weight excluding hydrogens is 324 g/mol. The molecule has 2 aromatic rings. The minimum Gasteiger partial charge on any atom is -0.486 e. The summed E-state index contributed by atoms with van der Waals surface area (Å²) >= 11 is 0. The van der Waals surface area contributed by atoms with Gasteiger partial charge in [-0.3, -0.25) is 4.98 Å². The van der Waals surface area contributed by atoms with Crippen molar-refractivity contribution in [3.8, 4) is 5.75 Å². The van der Waals surface area contributed by atoms with Gasteiger partial charge in [-0.25, -0.2) is 8.42 Å². The molecule has 0 bridgehead atoms. The van der Waals surface area contributed by atoms with Gasteiger partial charge in [0.2, 0.25) is 10.0 Å². The van der Waals surface area contributed by atoms with Crippen LogP contribution < -0.4 is 4.74 Å². The van der Waals surface area contributed by atoms with E-state index in [9.17, 15) is 8.42 Å². The van der Waals surface area contributed by atoms with Crippen LogP contribution >= 0.6 is 0 Å². The van der Waals surface area contributed by atoms with Crippen molar-refractivity contribution >= 4 is 10.0 Å². The summed E-state index contributed by atoms with van der Waals surface area (Å²) in [7, 11) is -3.45. The van der Waals surface area contributed by atoms with E-state index in [2.05, 4.69) is 25.8 Å². The topological polar surface area (TPSA) is 59.5 Å². The Balaban J connectivity index is 1.65. The van der Waals surface area contributed by atoms with Crippen molar-refractivity contribution in [2.24, 2.45) is 0 Å². The maximum atomic E-state index is 12.6. The molecule has 0 N–H and O–H groups in total. The maximum absolute atomic E-state index is 12.6. The van der Waals surface area contributed by atoms with Gasteiger partial charge in [0.25, 0.3) is 0 Å². The van der Waals surface area contributed by atoms with Crippen LogP contribution in [0.4, 0.5) is 0 Å². The summed E-state index contributed by atoms with van der Waals surface area (Å²) in [6.45, 7) is 7.03. The van der Waals surface area contributed by atoms with E-state index >= 15 is 0 Å². The Morgan fingerprint density at radius 2 is 1.79 bits per heavy atom. The average molecular weight is 346 g/mol. The van der Waals surface area contributed by atoms with E-state index in [4.69, 9.17) is 4.74 Å². The molecule has 0 amide bonds. The molecule has 0 unspecified atom stereocenters. The first-order valence-corrected chi connectivity index (χ1v) is 9.38. The lowest BCUT2D eigenvalue weighted by Crippen LogP contribution is -2.55. The van der Waals surface area contributed by atoms with Crippen LogP contribution in [-0.2, 0) is 15.4 Å². The number of ether oxygens (including phenoxy) is 1. The van der Waals surface area contributed by atoms with Gasteiger partial charge < -0.3 is 4.74 Å². The highest BCUT2D eigenvalue weighted by Gasteiger charge is 2.38. The van der Waals surface area contributed by atoms with Crippen LogP contribution in [0, 0.1) is 0 Å². The standard InChI is InChI=1S/C18H22N2O3S/c1-18(2,3)14-6-8-17(9-7-14)24(21,22)20-12-16(13-20)23-15-5-4-10-19-11-15/h4-11,16H,12-13H2,1-3H3. The van der Waals surface area contributed by atoms with Gasteiger partial charge in [0.15, 0.2) is 0 Å². The van der Waals surface area contributed by atoms with Gasteiger partial charge >= 0.3 is 0 Å². The minimum atomic E-state index is -3.45. The number of sulfonamides is 1. The van der Waals surface area contributed by atoms with Crippen LogP contribution in [0.15, 0.2) is 53.7 Å². The molecule has 0 aliphatic carbocycles. The van der Waals surface area contributed by atoms with E-state index in [0.29, 0.717) is 23.7 Å². The van der Waals surface area contributed by atoms with E-state index in [-0.39, 0.29) is 11.5 Å². The molecule has 3 rings (SSSR count). The molecule has 1 aromatic carbocycles. The summed E-state index contributed by atoms with van der Waals surface area (Å²) < 4.78 is 32.4. The van der Waals surface area contributed by atoms with Gasteiger partial charge in [-0.05, 0) is 35.2 Å². The van der Waals surface area contributed by atoms with Crippen LogP contribution in [0.5, 0.6) is 5.75 Å². The summed E-state index contributed by atoms with van der Waals surface area (Å²) in [5.41, 5.74) is 1.12. The fourth-order valence-corrected chi connectivity index (χ4v) is 4.06. The second-order valence-electron chi connectivity index (χ2n) is 7.02. The summed E-state index contributed by atoms with van der Waals surface area (Å²) in [5.74, 6) is 0.661. The van der Waals surface area contributed by atoms with Crippen LogP contribution in [-0.4, -0.2) is 36.9 Å². The minimum absolute atomic E-state index is 0.00169. The average Bonchev–Trinajstić information content (AvgIpc) is 2.50. The Bertz CT molecular complexity index is 790. The van der Waals surface area contributed by atoms with Crippen LogP contribution in [0.2, 0.25) is 0 Å². The summed E-state index contributed by atoms with van der Waals surface area (Å²) in [4.78, 5) is 4.31. The number of hydrogen-bond donors (Lipinski definition) is 0. The Hall–Kier alpha value is -1.92. The molecule has 0 saturated carbocycles. The third-order valence-electron chi connectivity index (χ3n) is 4.11. The van der Waals surface area contributed by atoms with E-state index in [1.54, 1.807) is 30.6 Å². The Morgan fingerprint density at radius 1 is 1.12 bits per heavy atom. The van der Waals surface area contributed by atoms with E-state index < -0.39 is 10.0 Å². The quantitative estimate of drug-likeness (QED) is 0.854. The lowest BCUT2D eigenvalue weighted by atomic mass is 9.87. The first kappa shape index (κ1) is 16.9. The molecular formula is C18H22N2O3S. The van der Waals surface area contributed by atoms with Crippen LogP contribution in [0.25, 0.3) is 0 Å². The van der Waals surface area contributed by atoms with Crippen LogP contribution in [0.1, 0.15) is 26.3 Å². The van der Waals surface area contributed by atoms with E-state index in [0.717, 1.165) is 5.56 Å². The molecule has 2 heterocycles. The number of aromatic nitrogens is 1. The molecule has 1 aliphatic rings. The first-order valence-electron chi connectivity index (χ1n) is 7.94. The summed E-state index contributed by atoms with van der Waals surface area (Å²) in [6.07, 6.45) is 3.17. The highest BCUT2D eigenvalue weighted by molar-refractivity contribution is 7.89. The Morgan fingerprint density at radius 3 is 2.33 bits per heavy atom. The number of benzene rings is 1. The van der Waals surface area contributed by atoms with Gasteiger partial charge in [0.1, 0.15) is 11.9 Å². The predicted molar refractivity (Wildman–Crippen MR) is 92.6 cm³/mol. The molecule has 1 saturated heterocycles. The van der Waals surface area contributed by atoms with E-state index in [1.807, 2.05) is 18.2 Å². The van der Waals surface area contributed by atoms with Crippen LogP contribution in [0.3, 0.4) is 0 Å². The van der Waals surface area contributed by atoms with Crippen molar-refractivity contribution in [2.75, 3.05) is 13.1 Å². The fourth-order valence-electron chi connectivity index (χ4n) is 2.56. The SMILES string of the molecule is CC(C)(C)c1ccc(S(=O)(=O)N2CC(Oc3cccnc3)C2)cc1. The predicted octanol–water partition coefficient (Wildman–Crippen LogP) is 2.83. The number of rotatable bonds is 4. The van der Waals surface area contributed by atoms with Gasteiger partial charge in [-0.15, -0.1) is 0 Å². The molecule has 5 nitrogen and oxygen atoms in total. The van der Waals surface area contributed by atoms with Crippen molar-refractivity contribution < 1.29 is 13.2 Å². The largest absolute Gasteiger partial charge is 0.486 e. The Labute approximate surface area is 143 Å². The van der Waals surface area contributed by atoms with Crippen molar-refractivity contribution in [3.63, 3.8) is 0 Å². The highest BCUT2D eigenvalue weighted by atomic mass is 32.2. The molecule has 1 fully saturated rings. The van der Waals surface area contributed by atoms with Crippen molar-refractivity contribution in [2.45, 2.75) is 37.2 Å². The Kier molecular flexibility index (Phi) is 4.36. The zero-order chi connectivity index (χ0) is 17.4. The number of hydrogen-bond acceptors (Lipinski definition) is 4. The third kappa shape index (κ3) is 3.44.